The first kappa shape index (κ1) is 16.7. The Hall–Kier alpha value is -2.45. The molecule has 140 valence electrons. The average molecular weight is 383 g/mol. The summed E-state index contributed by atoms with van der Waals surface area (Å²) in [6.45, 7) is 5.33. The minimum atomic E-state index is 0.242. The molecule has 2 aliphatic rings. The van der Waals surface area contributed by atoms with Crippen LogP contribution >= 0.6 is 11.3 Å². The van der Waals surface area contributed by atoms with Crippen LogP contribution in [0.4, 0.5) is 10.8 Å². The second-order valence-corrected chi connectivity index (χ2v) is 7.68. The molecule has 0 N–H and O–H groups in total. The van der Waals surface area contributed by atoms with E-state index in [9.17, 15) is 0 Å². The van der Waals surface area contributed by atoms with E-state index in [1.807, 2.05) is 5.38 Å². The van der Waals surface area contributed by atoms with E-state index in [1.165, 1.54) is 5.69 Å². The summed E-state index contributed by atoms with van der Waals surface area (Å²) in [6.07, 6.45) is 0.951. The number of hydrogen-bond donors (Lipinski definition) is 0. The maximum absolute atomic E-state index is 5.44. The lowest BCUT2D eigenvalue weighted by Gasteiger charge is -2.35. The molecule has 8 heteroatoms. The standard InChI is InChI=1S/C19H21N5O2S/c1-2-4-15(5-3-1)23-7-9-24(10-8-23)19-20-16(13-27-19)18-21-17(22-26-18)14-6-11-25-12-14/h1-5,13-14H,6-12H2/t14-/m0/s1. The number of hydrogen-bond acceptors (Lipinski definition) is 8. The molecule has 2 aliphatic heterocycles. The first-order chi connectivity index (χ1) is 13.4. The highest BCUT2D eigenvalue weighted by Crippen LogP contribution is 2.30. The van der Waals surface area contributed by atoms with E-state index in [1.54, 1.807) is 11.3 Å². The van der Waals surface area contributed by atoms with Gasteiger partial charge in [0.2, 0.25) is 0 Å². The molecule has 1 atom stereocenters. The molecule has 1 aromatic carbocycles. The quantitative estimate of drug-likeness (QED) is 0.686. The minimum Gasteiger partial charge on any atom is -0.381 e. The Morgan fingerprint density at radius 2 is 1.81 bits per heavy atom. The van der Waals surface area contributed by atoms with Crippen molar-refractivity contribution in [3.8, 4) is 11.6 Å². The highest BCUT2D eigenvalue weighted by atomic mass is 32.1. The van der Waals surface area contributed by atoms with Gasteiger partial charge in [0.1, 0.15) is 5.69 Å². The van der Waals surface area contributed by atoms with Crippen molar-refractivity contribution in [2.24, 2.45) is 0 Å². The van der Waals surface area contributed by atoms with E-state index in [2.05, 4.69) is 50.3 Å². The summed E-state index contributed by atoms with van der Waals surface area (Å²) in [5.74, 6) is 1.47. The van der Waals surface area contributed by atoms with Crippen molar-refractivity contribution in [1.29, 1.82) is 0 Å². The van der Waals surface area contributed by atoms with Gasteiger partial charge in [0.15, 0.2) is 11.0 Å². The van der Waals surface area contributed by atoms with Crippen LogP contribution < -0.4 is 9.80 Å². The Morgan fingerprint density at radius 1 is 1.00 bits per heavy atom. The lowest BCUT2D eigenvalue weighted by molar-refractivity contribution is 0.192. The van der Waals surface area contributed by atoms with Gasteiger partial charge in [-0.3, -0.25) is 0 Å². The lowest BCUT2D eigenvalue weighted by atomic mass is 10.1. The molecular formula is C19H21N5O2S. The summed E-state index contributed by atoms with van der Waals surface area (Å²) in [4.78, 5) is 14.0. The van der Waals surface area contributed by atoms with Gasteiger partial charge in [-0.25, -0.2) is 4.98 Å². The van der Waals surface area contributed by atoms with Crippen LogP contribution in [0.15, 0.2) is 40.2 Å². The Kier molecular flexibility index (Phi) is 4.51. The van der Waals surface area contributed by atoms with Gasteiger partial charge >= 0.3 is 0 Å². The van der Waals surface area contributed by atoms with Crippen molar-refractivity contribution in [2.75, 3.05) is 49.2 Å². The van der Waals surface area contributed by atoms with Crippen molar-refractivity contribution in [2.45, 2.75) is 12.3 Å². The lowest BCUT2D eigenvalue weighted by Crippen LogP contribution is -2.46. The SMILES string of the molecule is c1ccc(N2CCN(c3nc(-c4nc([C@H]5CCOC5)no4)cs3)CC2)cc1. The Morgan fingerprint density at radius 3 is 2.59 bits per heavy atom. The van der Waals surface area contributed by atoms with Gasteiger partial charge in [-0.1, -0.05) is 23.4 Å². The van der Waals surface area contributed by atoms with E-state index in [-0.39, 0.29) is 5.92 Å². The third-order valence-electron chi connectivity index (χ3n) is 5.12. The summed E-state index contributed by atoms with van der Waals surface area (Å²) in [7, 11) is 0. The molecule has 0 spiro atoms. The highest BCUT2D eigenvalue weighted by molar-refractivity contribution is 7.14. The van der Waals surface area contributed by atoms with Crippen LogP contribution in [0.25, 0.3) is 11.6 Å². The third-order valence-corrected chi connectivity index (χ3v) is 6.02. The number of thiazole rings is 1. The van der Waals surface area contributed by atoms with E-state index in [0.29, 0.717) is 12.5 Å². The van der Waals surface area contributed by atoms with E-state index < -0.39 is 0 Å². The molecule has 0 aliphatic carbocycles. The number of para-hydroxylation sites is 1. The number of ether oxygens (including phenoxy) is 1. The van der Waals surface area contributed by atoms with E-state index >= 15 is 0 Å². The Bertz CT molecular complexity index is 882. The first-order valence-corrected chi connectivity index (χ1v) is 10.2. The van der Waals surface area contributed by atoms with Gasteiger partial charge in [-0.05, 0) is 18.6 Å². The first-order valence-electron chi connectivity index (χ1n) is 9.29. The van der Waals surface area contributed by atoms with Crippen molar-refractivity contribution in [3.63, 3.8) is 0 Å². The van der Waals surface area contributed by atoms with Crippen molar-refractivity contribution >= 4 is 22.2 Å². The molecule has 0 amide bonds. The largest absolute Gasteiger partial charge is 0.381 e. The zero-order valence-electron chi connectivity index (χ0n) is 15.0. The molecule has 2 saturated heterocycles. The molecule has 2 fully saturated rings. The number of piperazine rings is 1. The summed E-state index contributed by atoms with van der Waals surface area (Å²) in [5, 5.41) is 7.13. The zero-order chi connectivity index (χ0) is 18.1. The Labute approximate surface area is 161 Å². The molecule has 0 radical (unpaired) electrons. The summed E-state index contributed by atoms with van der Waals surface area (Å²) in [6, 6.07) is 10.6. The van der Waals surface area contributed by atoms with Gasteiger partial charge in [-0.15, -0.1) is 11.3 Å². The van der Waals surface area contributed by atoms with Crippen LogP contribution in [0.1, 0.15) is 18.2 Å². The number of benzene rings is 1. The smallest absolute Gasteiger partial charge is 0.277 e. The second kappa shape index (κ2) is 7.28. The summed E-state index contributed by atoms with van der Waals surface area (Å²) in [5.41, 5.74) is 2.05. The van der Waals surface area contributed by atoms with Crippen molar-refractivity contribution in [3.05, 3.63) is 41.5 Å². The van der Waals surface area contributed by atoms with Crippen LogP contribution in [0.5, 0.6) is 0 Å². The third kappa shape index (κ3) is 3.42. The molecule has 27 heavy (non-hydrogen) atoms. The molecule has 0 unspecified atom stereocenters. The predicted octanol–water partition coefficient (Wildman–Crippen LogP) is 3.02. The number of anilines is 2. The molecule has 0 bridgehead atoms. The zero-order valence-corrected chi connectivity index (χ0v) is 15.8. The average Bonchev–Trinajstić information content (AvgIpc) is 3.49. The van der Waals surface area contributed by atoms with Gasteiger partial charge in [0, 0.05) is 49.8 Å². The van der Waals surface area contributed by atoms with Crippen molar-refractivity contribution < 1.29 is 9.26 Å². The van der Waals surface area contributed by atoms with Crippen LogP contribution in [0.2, 0.25) is 0 Å². The molecule has 7 nitrogen and oxygen atoms in total. The highest BCUT2D eigenvalue weighted by Gasteiger charge is 2.25. The second-order valence-electron chi connectivity index (χ2n) is 6.84. The van der Waals surface area contributed by atoms with Gasteiger partial charge in [-0.2, -0.15) is 4.98 Å². The van der Waals surface area contributed by atoms with Crippen LogP contribution in [-0.2, 0) is 4.74 Å². The van der Waals surface area contributed by atoms with Crippen LogP contribution in [0, 0.1) is 0 Å². The monoisotopic (exact) mass is 383 g/mol. The van der Waals surface area contributed by atoms with E-state index in [4.69, 9.17) is 14.2 Å². The molecule has 3 aromatic rings. The van der Waals surface area contributed by atoms with Gasteiger partial charge in [0.25, 0.3) is 5.89 Å². The molecule has 0 saturated carbocycles. The minimum absolute atomic E-state index is 0.242. The van der Waals surface area contributed by atoms with E-state index in [0.717, 1.165) is 55.9 Å². The van der Waals surface area contributed by atoms with Crippen molar-refractivity contribution in [1.82, 2.24) is 15.1 Å². The molecule has 2 aromatic heterocycles. The normalized spacial score (nSPS) is 20.4. The fraction of sp³-hybridized carbons (Fsp3) is 0.421. The molecular weight excluding hydrogens is 362 g/mol. The van der Waals surface area contributed by atoms with Crippen LogP contribution in [-0.4, -0.2) is 54.5 Å². The topological polar surface area (TPSA) is 67.5 Å². The maximum atomic E-state index is 5.44. The number of nitrogens with zero attached hydrogens (tertiary/aromatic N) is 5. The fourth-order valence-electron chi connectivity index (χ4n) is 3.55. The Balaban J connectivity index is 1.25. The van der Waals surface area contributed by atoms with Crippen LogP contribution in [0.3, 0.4) is 0 Å². The number of rotatable bonds is 4. The predicted molar refractivity (Wildman–Crippen MR) is 104 cm³/mol. The maximum Gasteiger partial charge on any atom is 0.277 e. The van der Waals surface area contributed by atoms with Gasteiger partial charge < -0.3 is 19.1 Å². The fourth-order valence-corrected chi connectivity index (χ4v) is 4.40. The molecule has 4 heterocycles. The summed E-state index contributed by atoms with van der Waals surface area (Å²) < 4.78 is 10.8. The van der Waals surface area contributed by atoms with Gasteiger partial charge in [0.05, 0.1) is 6.61 Å². The summed E-state index contributed by atoms with van der Waals surface area (Å²) >= 11 is 1.63. The molecule has 5 rings (SSSR count). The number of aromatic nitrogens is 3.